The summed E-state index contributed by atoms with van der Waals surface area (Å²) in [5.74, 6) is 1.75. The van der Waals surface area contributed by atoms with Gasteiger partial charge < -0.3 is 19.4 Å². The van der Waals surface area contributed by atoms with Crippen molar-refractivity contribution < 1.29 is 29.0 Å². The van der Waals surface area contributed by atoms with Gasteiger partial charge in [-0.25, -0.2) is 9.97 Å². The summed E-state index contributed by atoms with van der Waals surface area (Å²) in [6.45, 7) is 8.01. The van der Waals surface area contributed by atoms with Gasteiger partial charge in [0.15, 0.2) is 0 Å². The molecule has 55 heavy (non-hydrogen) atoms. The molecule has 4 aliphatic heterocycles. The molecule has 0 spiro atoms. The van der Waals surface area contributed by atoms with Gasteiger partial charge >= 0.3 is 19.5 Å². The van der Waals surface area contributed by atoms with E-state index >= 15 is 0 Å². The van der Waals surface area contributed by atoms with E-state index in [0.29, 0.717) is 13.2 Å². The molecule has 7 heterocycles. The number of hydrogen-bond acceptors (Lipinski definition) is 6. The van der Waals surface area contributed by atoms with Crippen LogP contribution in [0, 0.1) is 0 Å². The van der Waals surface area contributed by atoms with E-state index in [4.69, 9.17) is 29.4 Å². The Bertz CT molecular complexity index is 2150. The van der Waals surface area contributed by atoms with Crippen LogP contribution in [0.1, 0.15) is 61.3 Å². The third-order valence-corrected chi connectivity index (χ3v) is 10.8. The Kier molecular flexibility index (Phi) is 11.7. The van der Waals surface area contributed by atoms with Crippen LogP contribution < -0.4 is 19.4 Å². The minimum Gasteiger partial charge on any atom is -0.657 e. The molecule has 3 aromatic heterocycles. The van der Waals surface area contributed by atoms with Gasteiger partial charge in [0, 0.05) is 13.1 Å². The van der Waals surface area contributed by atoms with E-state index in [2.05, 4.69) is 107 Å². The Morgan fingerprint density at radius 2 is 0.909 bits per heavy atom. The van der Waals surface area contributed by atoms with Gasteiger partial charge in [-0.3, -0.25) is 9.80 Å². The number of piperidine rings is 2. The van der Waals surface area contributed by atoms with Gasteiger partial charge in [0.1, 0.15) is 24.7 Å². The third-order valence-electron chi connectivity index (χ3n) is 10.8. The van der Waals surface area contributed by atoms with Gasteiger partial charge in [0.05, 0.1) is 22.8 Å². The topological polar surface area (TPSA) is 78.9 Å². The Labute approximate surface area is 336 Å². The Morgan fingerprint density at radius 1 is 0.491 bits per heavy atom. The van der Waals surface area contributed by atoms with Gasteiger partial charge in [-0.15, -0.1) is 22.1 Å². The van der Waals surface area contributed by atoms with Crippen LogP contribution in [0.4, 0.5) is 0 Å². The first-order valence-electron chi connectivity index (χ1n) is 19.6. The van der Waals surface area contributed by atoms with Crippen molar-refractivity contribution >= 4 is 46.4 Å². The zero-order chi connectivity index (χ0) is 36.1. The molecule has 5 aromatic rings. The number of aromatic nitrogens is 4. The second kappa shape index (κ2) is 17.3. The summed E-state index contributed by atoms with van der Waals surface area (Å²) in [5, 5.41) is 0. The second-order valence-electron chi connectivity index (χ2n) is 14.6. The maximum Gasteiger partial charge on any atom is 2.00 e. The van der Waals surface area contributed by atoms with Crippen LogP contribution in [-0.4, -0.2) is 72.3 Å². The molecule has 8 nitrogen and oxygen atoms in total. The Morgan fingerprint density at radius 3 is 1.33 bits per heavy atom. The fourth-order valence-electron chi connectivity index (χ4n) is 7.93. The second-order valence-corrected chi connectivity index (χ2v) is 14.6. The molecule has 0 aliphatic carbocycles. The number of ether oxygens (including phenoxy) is 2. The van der Waals surface area contributed by atoms with E-state index in [0.717, 1.165) is 91.7 Å². The number of benzene rings is 2. The van der Waals surface area contributed by atoms with E-state index < -0.39 is 0 Å². The number of rotatable bonds is 10. The molecule has 0 atom stereocenters. The van der Waals surface area contributed by atoms with Gasteiger partial charge in [-0.1, -0.05) is 73.5 Å². The normalized spacial score (nSPS) is 15.9. The van der Waals surface area contributed by atoms with Crippen molar-refractivity contribution in [1.29, 1.82) is 0 Å². The summed E-state index contributed by atoms with van der Waals surface area (Å²) in [5.41, 5.74) is 10.9. The molecule has 0 unspecified atom stereocenters. The van der Waals surface area contributed by atoms with Crippen molar-refractivity contribution in [2.75, 3.05) is 52.5 Å². The van der Waals surface area contributed by atoms with Crippen LogP contribution in [-0.2, 0) is 19.5 Å². The van der Waals surface area contributed by atoms with Gasteiger partial charge in [0.25, 0.3) is 0 Å². The van der Waals surface area contributed by atoms with E-state index in [1.165, 1.54) is 64.7 Å². The molecule has 2 aromatic carbocycles. The van der Waals surface area contributed by atoms with Gasteiger partial charge in [-0.05, 0) is 123 Å². The van der Waals surface area contributed by atoms with E-state index in [1.54, 1.807) is 0 Å². The maximum atomic E-state index is 6.15. The molecule has 0 saturated carbocycles. The monoisotopic (exact) mass is 778 g/mol. The predicted molar refractivity (Wildman–Crippen MR) is 219 cm³/mol. The van der Waals surface area contributed by atoms with E-state index in [9.17, 15) is 0 Å². The first-order chi connectivity index (χ1) is 26.7. The number of fused-ring (bicyclic) bond motifs is 8. The smallest absolute Gasteiger partial charge is 0.657 e. The minimum atomic E-state index is 0. The van der Waals surface area contributed by atoms with Crippen molar-refractivity contribution in [3.8, 4) is 33.8 Å². The zero-order valence-corrected chi connectivity index (χ0v) is 34.5. The molecule has 2 saturated heterocycles. The van der Waals surface area contributed by atoms with Gasteiger partial charge in [0.2, 0.25) is 0 Å². The number of likely N-dealkylation sites (tertiary alicyclic amines) is 2. The fraction of sp³-hybridized carbons (Fsp3) is 0.304. The maximum absolute atomic E-state index is 6.15. The molecule has 0 N–H and O–H groups in total. The quantitative estimate of drug-likeness (QED) is 0.127. The Hall–Kier alpha value is -4.82. The summed E-state index contributed by atoms with van der Waals surface area (Å²) in [6, 6.07) is 29.0. The summed E-state index contributed by atoms with van der Waals surface area (Å²) in [4.78, 5) is 25.3. The van der Waals surface area contributed by atoms with E-state index in [-0.39, 0.29) is 19.5 Å². The van der Waals surface area contributed by atoms with Crippen molar-refractivity contribution in [2.24, 2.45) is 0 Å². The van der Waals surface area contributed by atoms with Crippen molar-refractivity contribution in [3.63, 3.8) is 0 Å². The molecular weight excluding hydrogens is 734 g/mol. The SMILES string of the molecule is C1=Cc2nc1cc1ccc([n-]1)c(-c1ccc(OCCN3CCCCC3)cc1)c1nc(cc3ccc([n-]3)c2-c2ccc(OCCN3CCCCC3)cc2)C=C1.[Zn+2]. The molecule has 9 heteroatoms. The summed E-state index contributed by atoms with van der Waals surface area (Å²) in [6.07, 6.45) is 16.1. The minimum absolute atomic E-state index is 0. The fourth-order valence-corrected chi connectivity index (χ4v) is 7.93. The van der Waals surface area contributed by atoms with E-state index in [1.807, 2.05) is 12.1 Å². The third kappa shape index (κ3) is 8.86. The Balaban J connectivity index is 0.00000427. The standard InChI is InChI=1S/C46H46N6O2.Zn/c1-3-23-51(24-4-1)27-29-53-39-15-7-33(8-16-39)45-41-19-11-35(47-41)31-37-13-21-43(49-37)46(44-22-14-38(50-44)32-36-12-20-42(45)48-36)34-9-17-40(18-10-34)54-30-28-52-25-5-2-6-26-52;/h7-22,31-32H,1-6,23-30H2;/q-2;+2. The first-order valence-corrected chi connectivity index (χ1v) is 19.6. The predicted octanol–water partition coefficient (Wildman–Crippen LogP) is 8.97. The number of hydrogen-bond donors (Lipinski definition) is 0. The average molecular weight is 780 g/mol. The van der Waals surface area contributed by atoms with Crippen LogP contribution in [0.25, 0.3) is 68.6 Å². The van der Waals surface area contributed by atoms with Crippen LogP contribution in [0.2, 0.25) is 0 Å². The first kappa shape index (κ1) is 37.1. The molecule has 0 amide bonds. The van der Waals surface area contributed by atoms with Crippen molar-refractivity contribution in [3.05, 3.63) is 108 Å². The summed E-state index contributed by atoms with van der Waals surface area (Å²) >= 11 is 0. The van der Waals surface area contributed by atoms with Crippen molar-refractivity contribution in [1.82, 2.24) is 29.7 Å². The summed E-state index contributed by atoms with van der Waals surface area (Å²) < 4.78 is 12.3. The molecular formula is C46H46N6O2Zn. The van der Waals surface area contributed by atoms with Crippen LogP contribution in [0.5, 0.6) is 11.5 Å². The molecule has 8 bridgehead atoms. The van der Waals surface area contributed by atoms with Gasteiger partial charge in [-0.2, -0.15) is 0 Å². The zero-order valence-electron chi connectivity index (χ0n) is 31.5. The molecule has 274 valence electrons. The molecule has 0 radical (unpaired) electrons. The largest absolute Gasteiger partial charge is 2.00 e. The van der Waals surface area contributed by atoms with Crippen LogP contribution in [0.3, 0.4) is 0 Å². The molecule has 9 rings (SSSR count). The van der Waals surface area contributed by atoms with Crippen molar-refractivity contribution in [2.45, 2.75) is 38.5 Å². The number of nitrogens with zero attached hydrogens (tertiary/aromatic N) is 6. The molecule has 4 aliphatic rings. The van der Waals surface area contributed by atoms with Crippen LogP contribution in [0.15, 0.2) is 84.9 Å². The molecule has 2 fully saturated rings. The summed E-state index contributed by atoms with van der Waals surface area (Å²) in [7, 11) is 0. The van der Waals surface area contributed by atoms with Crippen LogP contribution >= 0.6 is 0 Å². The average Bonchev–Trinajstić information content (AvgIpc) is 4.05.